The van der Waals surface area contributed by atoms with Crippen molar-refractivity contribution in [1.29, 1.82) is 0 Å². The molecule has 66 valence electrons. The number of nitrogens with one attached hydrogen (secondary N) is 1. The van der Waals surface area contributed by atoms with E-state index >= 15 is 0 Å². The molecule has 5 heteroatoms. The van der Waals surface area contributed by atoms with E-state index < -0.39 is 0 Å². The van der Waals surface area contributed by atoms with Crippen molar-refractivity contribution in [1.82, 2.24) is 19.5 Å². The Morgan fingerprint density at radius 2 is 2.08 bits per heavy atom. The highest BCUT2D eigenvalue weighted by molar-refractivity contribution is 5.24. The molecule has 13 heavy (non-hydrogen) atoms. The fourth-order valence-electron chi connectivity index (χ4n) is 1.03. The Morgan fingerprint density at radius 1 is 1.38 bits per heavy atom. The lowest BCUT2D eigenvalue weighted by Gasteiger charge is -1.98. The molecular weight excluding hydrogens is 168 g/mol. The summed E-state index contributed by atoms with van der Waals surface area (Å²) in [5, 5.41) is 0. The van der Waals surface area contributed by atoms with Crippen LogP contribution in [0, 0.1) is 6.92 Å². The highest BCUT2D eigenvalue weighted by Gasteiger charge is 1.99. The number of nitrogens with zero attached hydrogens (tertiary/aromatic N) is 3. The molecule has 2 aromatic rings. The molecule has 2 rings (SSSR count). The van der Waals surface area contributed by atoms with E-state index in [1.54, 1.807) is 31.7 Å². The van der Waals surface area contributed by atoms with E-state index in [-0.39, 0.29) is 5.69 Å². The number of hydrogen-bond donors (Lipinski definition) is 1. The zero-order valence-corrected chi connectivity index (χ0v) is 7.06. The van der Waals surface area contributed by atoms with Crippen LogP contribution in [0.15, 0.2) is 29.6 Å². The van der Waals surface area contributed by atoms with Crippen LogP contribution in [0.25, 0.3) is 5.69 Å². The van der Waals surface area contributed by atoms with Crippen molar-refractivity contribution in [3.8, 4) is 5.69 Å². The predicted molar refractivity (Wildman–Crippen MR) is 46.7 cm³/mol. The molecule has 0 aliphatic heterocycles. The molecule has 0 fully saturated rings. The molecule has 0 spiro atoms. The van der Waals surface area contributed by atoms with Crippen molar-refractivity contribution in [2.24, 2.45) is 0 Å². The van der Waals surface area contributed by atoms with E-state index in [1.165, 1.54) is 4.57 Å². The van der Waals surface area contributed by atoms with Gasteiger partial charge in [-0.05, 0) is 6.92 Å². The minimum Gasteiger partial charge on any atom is -0.312 e. The minimum atomic E-state index is -0.188. The molecule has 0 aromatic carbocycles. The Hall–Kier alpha value is -1.91. The topological polar surface area (TPSA) is 63.6 Å². The smallest absolute Gasteiger partial charge is 0.312 e. The molecule has 5 nitrogen and oxygen atoms in total. The van der Waals surface area contributed by atoms with E-state index in [2.05, 4.69) is 15.0 Å². The number of rotatable bonds is 1. The summed E-state index contributed by atoms with van der Waals surface area (Å²) < 4.78 is 1.44. The molecule has 0 aliphatic carbocycles. The third-order valence-electron chi connectivity index (χ3n) is 1.69. The zero-order valence-electron chi connectivity index (χ0n) is 7.06. The van der Waals surface area contributed by atoms with E-state index in [0.717, 1.165) is 0 Å². The number of H-pyrrole nitrogens is 1. The number of aryl methyl sites for hydroxylation is 1. The van der Waals surface area contributed by atoms with Crippen LogP contribution < -0.4 is 5.69 Å². The molecule has 1 N–H and O–H groups in total. The van der Waals surface area contributed by atoms with Crippen LogP contribution in [0.5, 0.6) is 0 Å². The molecule has 0 saturated heterocycles. The lowest BCUT2D eigenvalue weighted by atomic mass is 10.5. The molecule has 0 radical (unpaired) electrons. The number of hydrogen-bond acceptors (Lipinski definition) is 3. The molecule has 0 saturated carbocycles. The largest absolute Gasteiger partial charge is 0.330 e. The normalized spacial score (nSPS) is 10.2. The van der Waals surface area contributed by atoms with Gasteiger partial charge >= 0.3 is 5.69 Å². The second kappa shape index (κ2) is 2.85. The first kappa shape index (κ1) is 7.72. The van der Waals surface area contributed by atoms with E-state index in [4.69, 9.17) is 0 Å². The molecule has 0 aliphatic rings. The lowest BCUT2D eigenvalue weighted by Crippen LogP contribution is -2.14. The summed E-state index contributed by atoms with van der Waals surface area (Å²) in [6.07, 6.45) is 6.42. The first-order valence-corrected chi connectivity index (χ1v) is 3.82. The maximum Gasteiger partial charge on any atom is 0.330 e. The first-order chi connectivity index (χ1) is 6.27. The minimum absolute atomic E-state index is 0.188. The third kappa shape index (κ3) is 1.35. The Balaban J connectivity index is 2.54. The van der Waals surface area contributed by atoms with Gasteiger partial charge in [-0.25, -0.2) is 14.8 Å². The van der Waals surface area contributed by atoms with Crippen molar-refractivity contribution in [3.63, 3.8) is 0 Å². The van der Waals surface area contributed by atoms with Gasteiger partial charge in [0.05, 0.1) is 18.1 Å². The van der Waals surface area contributed by atoms with Crippen LogP contribution in [0.4, 0.5) is 0 Å². The summed E-state index contributed by atoms with van der Waals surface area (Å²) in [6, 6.07) is 0. The SMILES string of the molecule is Cc1ncc(-n2cc[nH]c2=O)cn1. The van der Waals surface area contributed by atoms with Crippen molar-refractivity contribution in [2.75, 3.05) is 0 Å². The van der Waals surface area contributed by atoms with E-state index in [0.29, 0.717) is 11.5 Å². The van der Waals surface area contributed by atoms with Gasteiger partial charge in [0.25, 0.3) is 0 Å². The number of aromatic nitrogens is 4. The van der Waals surface area contributed by atoms with Gasteiger partial charge in [0, 0.05) is 12.4 Å². The van der Waals surface area contributed by atoms with Crippen LogP contribution in [0.1, 0.15) is 5.82 Å². The van der Waals surface area contributed by atoms with E-state index in [9.17, 15) is 4.79 Å². The van der Waals surface area contributed by atoms with Gasteiger partial charge in [0.2, 0.25) is 0 Å². The molecule has 2 heterocycles. The van der Waals surface area contributed by atoms with Crippen molar-refractivity contribution >= 4 is 0 Å². The highest BCUT2D eigenvalue weighted by atomic mass is 16.1. The standard InChI is InChI=1S/C8H8N4O/c1-6-10-4-7(5-11-6)12-3-2-9-8(12)13/h2-5H,1H3,(H,9,13). The van der Waals surface area contributed by atoms with Gasteiger partial charge in [0.15, 0.2) is 0 Å². The van der Waals surface area contributed by atoms with Crippen LogP contribution >= 0.6 is 0 Å². The summed E-state index contributed by atoms with van der Waals surface area (Å²) in [5.74, 6) is 0.687. The van der Waals surface area contributed by atoms with Crippen LogP contribution in [-0.2, 0) is 0 Å². The Kier molecular flexibility index (Phi) is 1.70. The zero-order chi connectivity index (χ0) is 9.26. The van der Waals surface area contributed by atoms with Crippen molar-refractivity contribution in [2.45, 2.75) is 6.92 Å². The monoisotopic (exact) mass is 176 g/mol. The fraction of sp³-hybridized carbons (Fsp3) is 0.125. The number of imidazole rings is 1. The quantitative estimate of drug-likeness (QED) is 0.678. The number of aromatic amines is 1. The predicted octanol–water partition coefficient (Wildman–Crippen LogP) is 0.264. The van der Waals surface area contributed by atoms with Crippen molar-refractivity contribution < 1.29 is 0 Å². The Labute approximate surface area is 74.1 Å². The van der Waals surface area contributed by atoms with Gasteiger partial charge in [-0.3, -0.25) is 4.57 Å². The highest BCUT2D eigenvalue weighted by Crippen LogP contribution is 1.99. The molecule has 0 atom stereocenters. The Morgan fingerprint density at radius 3 is 2.62 bits per heavy atom. The van der Waals surface area contributed by atoms with Gasteiger partial charge in [0.1, 0.15) is 5.82 Å². The van der Waals surface area contributed by atoms with Crippen LogP contribution in [-0.4, -0.2) is 19.5 Å². The van der Waals surface area contributed by atoms with Crippen LogP contribution in [0.3, 0.4) is 0 Å². The molecule has 2 aromatic heterocycles. The summed E-state index contributed by atoms with van der Waals surface area (Å²) in [4.78, 5) is 21.7. The summed E-state index contributed by atoms with van der Waals surface area (Å²) in [5.41, 5.74) is 0.476. The third-order valence-corrected chi connectivity index (χ3v) is 1.69. The summed E-state index contributed by atoms with van der Waals surface area (Å²) >= 11 is 0. The average Bonchev–Trinajstić information content (AvgIpc) is 2.53. The fourth-order valence-corrected chi connectivity index (χ4v) is 1.03. The van der Waals surface area contributed by atoms with Gasteiger partial charge < -0.3 is 4.98 Å². The van der Waals surface area contributed by atoms with Crippen molar-refractivity contribution in [3.05, 3.63) is 41.1 Å². The molecular formula is C8H8N4O. The average molecular weight is 176 g/mol. The molecule has 0 unspecified atom stereocenters. The van der Waals surface area contributed by atoms with Gasteiger partial charge in [-0.2, -0.15) is 0 Å². The molecule has 0 bridgehead atoms. The van der Waals surface area contributed by atoms with E-state index in [1.807, 2.05) is 0 Å². The van der Waals surface area contributed by atoms with Gasteiger partial charge in [-0.15, -0.1) is 0 Å². The second-order valence-electron chi connectivity index (χ2n) is 2.62. The summed E-state index contributed by atoms with van der Waals surface area (Å²) in [6.45, 7) is 1.80. The maximum atomic E-state index is 11.2. The second-order valence-corrected chi connectivity index (χ2v) is 2.62. The van der Waals surface area contributed by atoms with Crippen LogP contribution in [0.2, 0.25) is 0 Å². The van der Waals surface area contributed by atoms with Gasteiger partial charge in [-0.1, -0.05) is 0 Å². The Bertz CT molecular complexity index is 453. The summed E-state index contributed by atoms with van der Waals surface area (Å²) in [7, 11) is 0. The lowest BCUT2D eigenvalue weighted by molar-refractivity contribution is 0.938. The molecule has 0 amide bonds. The maximum absolute atomic E-state index is 11.2. The first-order valence-electron chi connectivity index (χ1n) is 3.82.